The summed E-state index contributed by atoms with van der Waals surface area (Å²) in [4.78, 5) is 2.39. The number of hydrogen-bond acceptors (Lipinski definition) is 1. The van der Waals surface area contributed by atoms with Crippen LogP contribution in [0.4, 0.5) is 17.1 Å². The van der Waals surface area contributed by atoms with E-state index in [-0.39, 0.29) is 0 Å². The standard InChI is InChI=1S/C36H35Br2N/c1-21-15-29(16-22(2)34(21)37)39(30-17-23(3)35(38)24(4)18-30)28-8-5-25(6-9-28)26-7-10-31-27-11-13-36(20-27)14-12-33(36)32(31)19-26/h5-10,15-19,27,33H,11-14,20H2,1-4H3. The Morgan fingerprint density at radius 2 is 1.15 bits per heavy atom. The normalized spacial score (nSPS) is 22.7. The molecule has 2 fully saturated rings. The lowest BCUT2D eigenvalue weighted by atomic mass is 9.53. The van der Waals surface area contributed by atoms with E-state index < -0.39 is 0 Å². The third-order valence-electron chi connectivity index (χ3n) is 10.0. The molecule has 39 heavy (non-hydrogen) atoms. The molecule has 0 amide bonds. The Labute approximate surface area is 249 Å². The molecule has 3 heteroatoms. The second kappa shape index (κ2) is 9.35. The Morgan fingerprint density at radius 1 is 0.615 bits per heavy atom. The minimum atomic E-state index is 0.641. The van der Waals surface area contributed by atoms with Crippen LogP contribution < -0.4 is 4.90 Å². The van der Waals surface area contributed by atoms with Crippen molar-refractivity contribution in [1.82, 2.24) is 0 Å². The van der Waals surface area contributed by atoms with Crippen LogP contribution in [0.2, 0.25) is 0 Å². The van der Waals surface area contributed by atoms with Crippen LogP contribution in [0.1, 0.15) is 77.3 Å². The number of aryl methyl sites for hydroxylation is 4. The van der Waals surface area contributed by atoms with Gasteiger partial charge in [0.1, 0.15) is 0 Å². The fourth-order valence-corrected chi connectivity index (χ4v) is 8.39. The van der Waals surface area contributed by atoms with E-state index in [4.69, 9.17) is 0 Å². The van der Waals surface area contributed by atoms with Gasteiger partial charge in [-0.3, -0.25) is 0 Å². The summed E-state index contributed by atoms with van der Waals surface area (Å²) in [6.45, 7) is 8.70. The molecule has 0 aromatic heterocycles. The molecular formula is C36H35Br2N. The van der Waals surface area contributed by atoms with Crippen LogP contribution in [-0.4, -0.2) is 0 Å². The summed E-state index contributed by atoms with van der Waals surface area (Å²) in [7, 11) is 0. The van der Waals surface area contributed by atoms with Gasteiger partial charge in [-0.1, -0.05) is 62.2 Å². The number of rotatable bonds is 4. The topological polar surface area (TPSA) is 3.24 Å². The highest BCUT2D eigenvalue weighted by Gasteiger charge is 2.55. The molecule has 198 valence electrons. The highest BCUT2D eigenvalue weighted by molar-refractivity contribution is 9.10. The summed E-state index contributed by atoms with van der Waals surface area (Å²) in [5.41, 5.74) is 15.1. The van der Waals surface area contributed by atoms with Crippen LogP contribution in [-0.2, 0) is 0 Å². The number of anilines is 3. The number of fused-ring (bicyclic) bond motifs is 4. The fraction of sp³-hybridized carbons (Fsp3) is 0.333. The zero-order valence-corrected chi connectivity index (χ0v) is 26.4. The molecule has 0 aliphatic heterocycles. The first-order chi connectivity index (χ1) is 18.7. The molecule has 7 rings (SSSR count). The minimum Gasteiger partial charge on any atom is -0.310 e. The van der Waals surface area contributed by atoms with Gasteiger partial charge in [-0.2, -0.15) is 0 Å². The maximum Gasteiger partial charge on any atom is 0.0467 e. The Balaban J connectivity index is 1.29. The smallest absolute Gasteiger partial charge is 0.0467 e. The Morgan fingerprint density at radius 3 is 1.69 bits per heavy atom. The van der Waals surface area contributed by atoms with Crippen LogP contribution in [0.5, 0.6) is 0 Å². The molecule has 3 atom stereocenters. The van der Waals surface area contributed by atoms with Gasteiger partial charge >= 0.3 is 0 Å². The molecule has 0 radical (unpaired) electrons. The van der Waals surface area contributed by atoms with E-state index in [0.29, 0.717) is 5.41 Å². The third kappa shape index (κ3) is 4.06. The average molecular weight is 641 g/mol. The van der Waals surface area contributed by atoms with Gasteiger partial charge in [-0.15, -0.1) is 0 Å². The lowest BCUT2D eigenvalue weighted by Gasteiger charge is -2.51. The van der Waals surface area contributed by atoms with Crippen molar-refractivity contribution in [3.63, 3.8) is 0 Å². The first kappa shape index (κ1) is 25.6. The van der Waals surface area contributed by atoms with E-state index >= 15 is 0 Å². The largest absolute Gasteiger partial charge is 0.310 e. The van der Waals surface area contributed by atoms with Crippen molar-refractivity contribution in [2.75, 3.05) is 4.90 Å². The summed E-state index contributed by atoms with van der Waals surface area (Å²) < 4.78 is 2.36. The summed E-state index contributed by atoms with van der Waals surface area (Å²) in [5.74, 6) is 1.60. The van der Waals surface area contributed by atoms with Crippen LogP contribution in [0.15, 0.2) is 75.7 Å². The van der Waals surface area contributed by atoms with Crippen molar-refractivity contribution in [3.05, 3.63) is 109 Å². The van der Waals surface area contributed by atoms with E-state index in [0.717, 1.165) is 11.8 Å². The third-order valence-corrected chi connectivity index (χ3v) is 12.5. The predicted molar refractivity (Wildman–Crippen MR) is 172 cm³/mol. The number of hydrogen-bond donors (Lipinski definition) is 0. The van der Waals surface area contributed by atoms with E-state index in [2.05, 4.69) is 131 Å². The highest BCUT2D eigenvalue weighted by atomic mass is 79.9. The van der Waals surface area contributed by atoms with Gasteiger partial charge < -0.3 is 4.90 Å². The second-order valence-electron chi connectivity index (χ2n) is 12.4. The van der Waals surface area contributed by atoms with Gasteiger partial charge in [0.05, 0.1) is 0 Å². The van der Waals surface area contributed by atoms with Gasteiger partial charge in [0.25, 0.3) is 0 Å². The maximum atomic E-state index is 3.77. The summed E-state index contributed by atoms with van der Waals surface area (Å²) in [5, 5.41) is 0. The zero-order valence-electron chi connectivity index (χ0n) is 23.2. The maximum absolute atomic E-state index is 3.77. The van der Waals surface area contributed by atoms with Crippen molar-refractivity contribution in [2.45, 2.75) is 71.6 Å². The Kier molecular flexibility index (Phi) is 6.14. The molecule has 0 saturated heterocycles. The first-order valence-corrected chi connectivity index (χ1v) is 15.9. The summed E-state index contributed by atoms with van der Waals surface area (Å²) >= 11 is 7.53. The fourth-order valence-electron chi connectivity index (χ4n) is 7.93. The van der Waals surface area contributed by atoms with E-state index in [1.807, 2.05) is 0 Å². The monoisotopic (exact) mass is 639 g/mol. The van der Waals surface area contributed by atoms with Gasteiger partial charge in [0.2, 0.25) is 0 Å². The molecule has 0 heterocycles. The molecule has 0 N–H and O–H groups in total. The average Bonchev–Trinajstić information content (AvgIpc) is 3.35. The van der Waals surface area contributed by atoms with Gasteiger partial charge in [-0.25, -0.2) is 0 Å². The molecule has 3 aliphatic carbocycles. The van der Waals surface area contributed by atoms with Gasteiger partial charge in [-0.05, 0) is 158 Å². The molecule has 4 aromatic carbocycles. The van der Waals surface area contributed by atoms with Crippen LogP contribution in [0.3, 0.4) is 0 Å². The highest BCUT2D eigenvalue weighted by Crippen LogP contribution is 2.69. The molecule has 3 aliphatic rings. The van der Waals surface area contributed by atoms with Crippen molar-refractivity contribution in [2.24, 2.45) is 5.41 Å². The molecule has 1 spiro atoms. The molecule has 3 unspecified atom stereocenters. The predicted octanol–water partition coefficient (Wildman–Crippen LogP) is 11.7. The van der Waals surface area contributed by atoms with Crippen LogP contribution >= 0.6 is 31.9 Å². The summed E-state index contributed by atoms with van der Waals surface area (Å²) in [6.07, 6.45) is 7.12. The van der Waals surface area contributed by atoms with Gasteiger partial charge in [0, 0.05) is 26.0 Å². The number of nitrogens with zero attached hydrogens (tertiary/aromatic N) is 1. The lowest BCUT2D eigenvalue weighted by molar-refractivity contribution is 0.0879. The quantitative estimate of drug-likeness (QED) is 0.214. The van der Waals surface area contributed by atoms with Gasteiger partial charge in [0.15, 0.2) is 0 Å². The Bertz CT molecular complexity index is 1510. The van der Waals surface area contributed by atoms with E-state index in [9.17, 15) is 0 Å². The minimum absolute atomic E-state index is 0.641. The van der Waals surface area contributed by atoms with Crippen molar-refractivity contribution in [1.29, 1.82) is 0 Å². The van der Waals surface area contributed by atoms with Crippen LogP contribution in [0.25, 0.3) is 11.1 Å². The number of benzene rings is 4. The van der Waals surface area contributed by atoms with Crippen molar-refractivity contribution in [3.8, 4) is 11.1 Å². The lowest BCUT2D eigenvalue weighted by Crippen LogP contribution is -2.38. The van der Waals surface area contributed by atoms with E-state index in [1.165, 1.54) is 91.5 Å². The van der Waals surface area contributed by atoms with Crippen molar-refractivity contribution < 1.29 is 0 Å². The molecule has 1 nitrogen and oxygen atoms in total. The zero-order chi connectivity index (χ0) is 27.1. The van der Waals surface area contributed by atoms with Crippen LogP contribution in [0, 0.1) is 33.1 Å². The Hall–Kier alpha value is -2.36. The van der Waals surface area contributed by atoms with Crippen molar-refractivity contribution >= 4 is 48.9 Å². The summed E-state index contributed by atoms with van der Waals surface area (Å²) in [6, 6.07) is 25.7. The molecule has 2 saturated carbocycles. The number of halogens is 2. The first-order valence-electron chi connectivity index (χ1n) is 14.3. The molecule has 4 aromatic rings. The SMILES string of the molecule is Cc1cc(N(c2ccc(-c3ccc4c(c3)C3CCC35CCC4C5)cc2)c2cc(C)c(Br)c(C)c2)cc(C)c1Br. The molecule has 2 bridgehead atoms. The molecular weight excluding hydrogens is 606 g/mol. The van der Waals surface area contributed by atoms with E-state index in [1.54, 1.807) is 11.1 Å². The second-order valence-corrected chi connectivity index (χ2v) is 14.0.